The monoisotopic (exact) mass is 349 g/mol. The maximum atomic E-state index is 12.6. The van der Waals surface area contributed by atoms with Gasteiger partial charge in [-0.1, -0.05) is 12.1 Å². The van der Waals surface area contributed by atoms with Gasteiger partial charge in [-0.2, -0.15) is 23.4 Å². The summed E-state index contributed by atoms with van der Waals surface area (Å²) in [5.41, 5.74) is 0.196. The summed E-state index contributed by atoms with van der Waals surface area (Å²) in [4.78, 5) is 8.48. The standard InChI is InChI=1S/C15H14F3N7/c1-8(13-21-9(2)23-24-13)20-14-22-12(7-19-25-14)10-3-5-11(6-4-10)15(16,17)18/h3-8H,1-2H3,(H,20,22,25)(H,21,23,24). The summed E-state index contributed by atoms with van der Waals surface area (Å²) < 4.78 is 37.9. The molecule has 0 bridgehead atoms. The molecule has 1 aromatic carbocycles. The van der Waals surface area contributed by atoms with E-state index in [2.05, 4.69) is 35.7 Å². The van der Waals surface area contributed by atoms with Crippen molar-refractivity contribution >= 4 is 5.95 Å². The molecule has 130 valence electrons. The number of aromatic nitrogens is 6. The zero-order valence-corrected chi connectivity index (χ0v) is 13.3. The lowest BCUT2D eigenvalue weighted by Crippen LogP contribution is -2.12. The number of anilines is 1. The predicted molar refractivity (Wildman–Crippen MR) is 83.4 cm³/mol. The molecule has 2 heterocycles. The third-order valence-electron chi connectivity index (χ3n) is 3.41. The van der Waals surface area contributed by atoms with Crippen molar-refractivity contribution in [2.45, 2.75) is 26.1 Å². The molecule has 0 fully saturated rings. The SMILES string of the molecule is Cc1nc(C(C)Nc2nncc(-c3ccc(C(F)(F)F)cc3)n2)n[nH]1. The quantitative estimate of drug-likeness (QED) is 0.752. The van der Waals surface area contributed by atoms with Crippen LogP contribution in [0.5, 0.6) is 0 Å². The van der Waals surface area contributed by atoms with Crippen molar-refractivity contribution in [3.8, 4) is 11.3 Å². The highest BCUT2D eigenvalue weighted by atomic mass is 19.4. The van der Waals surface area contributed by atoms with Crippen LogP contribution in [-0.4, -0.2) is 30.4 Å². The van der Waals surface area contributed by atoms with Crippen LogP contribution >= 0.6 is 0 Å². The first-order chi connectivity index (χ1) is 11.8. The number of halogens is 3. The van der Waals surface area contributed by atoms with Gasteiger partial charge in [0.15, 0.2) is 5.82 Å². The molecule has 3 rings (SSSR count). The van der Waals surface area contributed by atoms with Gasteiger partial charge in [0.2, 0.25) is 5.95 Å². The van der Waals surface area contributed by atoms with Crippen molar-refractivity contribution < 1.29 is 13.2 Å². The van der Waals surface area contributed by atoms with E-state index in [1.165, 1.54) is 18.3 Å². The van der Waals surface area contributed by atoms with Crippen LogP contribution < -0.4 is 5.32 Å². The number of aromatic amines is 1. The van der Waals surface area contributed by atoms with Crippen LogP contribution in [0.25, 0.3) is 11.3 Å². The Morgan fingerprint density at radius 1 is 1.12 bits per heavy atom. The van der Waals surface area contributed by atoms with Crippen molar-refractivity contribution in [1.29, 1.82) is 0 Å². The van der Waals surface area contributed by atoms with Gasteiger partial charge in [0.1, 0.15) is 5.82 Å². The van der Waals surface area contributed by atoms with Crippen LogP contribution in [0.3, 0.4) is 0 Å². The molecule has 0 aliphatic heterocycles. The molecule has 3 aromatic rings. The summed E-state index contributed by atoms with van der Waals surface area (Å²) in [7, 11) is 0. The Labute approximate surface area is 140 Å². The Bertz CT molecular complexity index is 858. The Kier molecular flexibility index (Phi) is 4.34. The van der Waals surface area contributed by atoms with Crippen molar-refractivity contribution in [2.75, 3.05) is 5.32 Å². The van der Waals surface area contributed by atoms with Gasteiger partial charge >= 0.3 is 6.18 Å². The minimum Gasteiger partial charge on any atom is -0.343 e. The van der Waals surface area contributed by atoms with Crippen LogP contribution in [0.2, 0.25) is 0 Å². The molecular weight excluding hydrogens is 335 g/mol. The second kappa shape index (κ2) is 6.46. The van der Waals surface area contributed by atoms with E-state index in [0.717, 1.165) is 12.1 Å². The van der Waals surface area contributed by atoms with Crippen LogP contribution in [0.15, 0.2) is 30.5 Å². The second-order valence-electron chi connectivity index (χ2n) is 5.39. The van der Waals surface area contributed by atoms with Crippen LogP contribution in [0, 0.1) is 6.92 Å². The smallest absolute Gasteiger partial charge is 0.343 e. The third kappa shape index (κ3) is 3.90. The lowest BCUT2D eigenvalue weighted by molar-refractivity contribution is -0.137. The van der Waals surface area contributed by atoms with Crippen molar-refractivity contribution in [1.82, 2.24) is 30.4 Å². The van der Waals surface area contributed by atoms with Gasteiger partial charge in [0, 0.05) is 5.56 Å². The highest BCUT2D eigenvalue weighted by Crippen LogP contribution is 2.30. The average Bonchev–Trinajstić information content (AvgIpc) is 3.01. The zero-order valence-electron chi connectivity index (χ0n) is 13.3. The highest BCUT2D eigenvalue weighted by molar-refractivity contribution is 5.59. The van der Waals surface area contributed by atoms with E-state index in [1.807, 2.05) is 6.92 Å². The van der Waals surface area contributed by atoms with E-state index in [0.29, 0.717) is 22.9 Å². The van der Waals surface area contributed by atoms with Gasteiger partial charge in [0.05, 0.1) is 23.5 Å². The molecule has 2 N–H and O–H groups in total. The van der Waals surface area contributed by atoms with E-state index in [1.54, 1.807) is 6.92 Å². The maximum absolute atomic E-state index is 12.6. The molecular formula is C15H14F3N7. The molecule has 0 saturated carbocycles. The second-order valence-corrected chi connectivity index (χ2v) is 5.39. The molecule has 2 aromatic heterocycles. The van der Waals surface area contributed by atoms with Crippen molar-refractivity contribution in [2.24, 2.45) is 0 Å². The Morgan fingerprint density at radius 2 is 1.84 bits per heavy atom. The molecule has 0 aliphatic carbocycles. The first-order valence-electron chi connectivity index (χ1n) is 7.36. The van der Waals surface area contributed by atoms with Crippen LogP contribution in [-0.2, 0) is 6.18 Å². The van der Waals surface area contributed by atoms with Crippen molar-refractivity contribution in [3.63, 3.8) is 0 Å². The first kappa shape index (κ1) is 16.8. The topological polar surface area (TPSA) is 92.3 Å². The number of aryl methyl sites for hydroxylation is 1. The predicted octanol–water partition coefficient (Wildman–Crippen LogP) is 3.16. The molecule has 0 saturated heterocycles. The molecule has 0 radical (unpaired) electrons. The Balaban J connectivity index is 1.79. The maximum Gasteiger partial charge on any atom is 0.416 e. The number of H-pyrrole nitrogens is 1. The molecule has 0 aliphatic rings. The van der Waals surface area contributed by atoms with Gasteiger partial charge in [0.25, 0.3) is 0 Å². The summed E-state index contributed by atoms with van der Waals surface area (Å²) in [6.07, 6.45) is -2.99. The fourth-order valence-corrected chi connectivity index (χ4v) is 2.15. The number of nitrogens with zero attached hydrogens (tertiary/aromatic N) is 5. The minimum absolute atomic E-state index is 0.229. The number of nitrogens with one attached hydrogen (secondary N) is 2. The third-order valence-corrected chi connectivity index (χ3v) is 3.41. The lowest BCUT2D eigenvalue weighted by atomic mass is 10.1. The summed E-state index contributed by atoms with van der Waals surface area (Å²) in [6.45, 7) is 3.61. The lowest BCUT2D eigenvalue weighted by Gasteiger charge is -2.11. The number of benzene rings is 1. The largest absolute Gasteiger partial charge is 0.416 e. The zero-order chi connectivity index (χ0) is 18.0. The van der Waals surface area contributed by atoms with Crippen LogP contribution in [0.4, 0.5) is 19.1 Å². The van der Waals surface area contributed by atoms with Gasteiger partial charge in [-0.15, -0.1) is 5.10 Å². The van der Waals surface area contributed by atoms with E-state index in [-0.39, 0.29) is 12.0 Å². The molecule has 0 spiro atoms. The first-order valence-corrected chi connectivity index (χ1v) is 7.36. The van der Waals surface area contributed by atoms with Crippen LogP contribution in [0.1, 0.15) is 30.2 Å². The van der Waals surface area contributed by atoms with E-state index in [9.17, 15) is 13.2 Å². The number of hydrogen-bond donors (Lipinski definition) is 2. The average molecular weight is 349 g/mol. The number of hydrogen-bond acceptors (Lipinski definition) is 6. The molecule has 7 nitrogen and oxygen atoms in total. The Hall–Kier alpha value is -3.04. The molecule has 1 unspecified atom stereocenters. The van der Waals surface area contributed by atoms with Gasteiger partial charge in [-0.25, -0.2) is 9.97 Å². The van der Waals surface area contributed by atoms with Gasteiger partial charge in [-0.3, -0.25) is 5.10 Å². The Morgan fingerprint density at radius 3 is 2.44 bits per heavy atom. The van der Waals surface area contributed by atoms with Gasteiger partial charge < -0.3 is 5.32 Å². The fourth-order valence-electron chi connectivity index (χ4n) is 2.15. The fraction of sp³-hybridized carbons (Fsp3) is 0.267. The molecule has 1 atom stereocenters. The summed E-state index contributed by atoms with van der Waals surface area (Å²) in [5, 5.41) is 17.5. The van der Waals surface area contributed by atoms with E-state index in [4.69, 9.17) is 0 Å². The summed E-state index contributed by atoms with van der Waals surface area (Å²) in [6, 6.07) is 4.43. The molecule has 25 heavy (non-hydrogen) atoms. The van der Waals surface area contributed by atoms with Crippen molar-refractivity contribution in [3.05, 3.63) is 47.7 Å². The number of rotatable bonds is 4. The highest BCUT2D eigenvalue weighted by Gasteiger charge is 2.30. The summed E-state index contributed by atoms with van der Waals surface area (Å²) >= 11 is 0. The minimum atomic E-state index is -4.38. The van der Waals surface area contributed by atoms with E-state index < -0.39 is 11.7 Å². The molecule has 10 heteroatoms. The summed E-state index contributed by atoms with van der Waals surface area (Å²) in [5.74, 6) is 1.45. The number of alkyl halides is 3. The van der Waals surface area contributed by atoms with E-state index >= 15 is 0 Å². The normalized spacial score (nSPS) is 12.8. The molecule has 0 amide bonds. The van der Waals surface area contributed by atoms with Gasteiger partial charge in [-0.05, 0) is 26.0 Å².